The summed E-state index contributed by atoms with van der Waals surface area (Å²) in [6, 6.07) is 15.8. The predicted octanol–water partition coefficient (Wildman–Crippen LogP) is 6.12. The summed E-state index contributed by atoms with van der Waals surface area (Å²) in [6.07, 6.45) is 6.81. The Hall–Kier alpha value is -2.56. The van der Waals surface area contributed by atoms with E-state index in [1.807, 2.05) is 47.1 Å². The Kier molecular flexibility index (Phi) is 4.46. The number of aromatic nitrogens is 3. The maximum absolute atomic E-state index is 6.57. The minimum Gasteiger partial charge on any atom is -0.324 e. The second kappa shape index (κ2) is 7.12. The molecule has 28 heavy (non-hydrogen) atoms. The Morgan fingerprint density at radius 1 is 1.00 bits per heavy atom. The van der Waals surface area contributed by atoms with Crippen LogP contribution in [0.15, 0.2) is 71.7 Å². The van der Waals surface area contributed by atoms with Crippen molar-refractivity contribution in [3.8, 4) is 0 Å². The van der Waals surface area contributed by atoms with Crippen LogP contribution in [-0.2, 0) is 0 Å². The molecule has 1 aromatic heterocycles. The number of nitrogens with one attached hydrogen (secondary N) is 1. The van der Waals surface area contributed by atoms with Crippen LogP contribution >= 0.6 is 23.2 Å². The maximum Gasteiger partial charge on any atom is 0.226 e. The van der Waals surface area contributed by atoms with Gasteiger partial charge in [0.1, 0.15) is 12.4 Å². The zero-order chi connectivity index (χ0) is 19.1. The number of anilines is 1. The monoisotopic (exact) mass is 408 g/mol. The number of nitrogens with zero attached hydrogens (tertiary/aromatic N) is 3. The molecule has 140 valence electrons. The normalized spacial score (nSPS) is 19.9. The first-order valence-corrected chi connectivity index (χ1v) is 10.1. The molecule has 2 aromatic carbocycles. The van der Waals surface area contributed by atoms with Crippen molar-refractivity contribution in [1.82, 2.24) is 14.8 Å². The van der Waals surface area contributed by atoms with E-state index < -0.39 is 0 Å². The molecule has 1 aliphatic carbocycles. The average Bonchev–Trinajstić information content (AvgIpc) is 3.17. The molecule has 3 aromatic rings. The van der Waals surface area contributed by atoms with Gasteiger partial charge in [0.25, 0.3) is 0 Å². The molecule has 1 aliphatic heterocycles. The highest BCUT2D eigenvalue weighted by atomic mass is 35.5. The average molecular weight is 409 g/mol. The Labute approximate surface area is 173 Å². The van der Waals surface area contributed by atoms with E-state index in [4.69, 9.17) is 23.2 Å². The Morgan fingerprint density at radius 3 is 2.61 bits per heavy atom. The van der Waals surface area contributed by atoms with Crippen molar-refractivity contribution in [3.05, 3.63) is 92.9 Å². The summed E-state index contributed by atoms with van der Waals surface area (Å²) in [5.41, 5.74) is 5.72. The minimum absolute atomic E-state index is 0.0580. The van der Waals surface area contributed by atoms with Gasteiger partial charge >= 0.3 is 0 Å². The van der Waals surface area contributed by atoms with Gasteiger partial charge in [-0.05, 0) is 59.7 Å². The second-order valence-corrected chi connectivity index (χ2v) is 7.84. The van der Waals surface area contributed by atoms with Crippen molar-refractivity contribution in [2.75, 3.05) is 5.32 Å². The molecule has 2 heterocycles. The largest absolute Gasteiger partial charge is 0.324 e. The summed E-state index contributed by atoms with van der Waals surface area (Å²) >= 11 is 13.0. The molecule has 0 saturated carbocycles. The van der Waals surface area contributed by atoms with E-state index in [0.29, 0.717) is 0 Å². The Bertz CT molecular complexity index is 1110. The third-order valence-corrected chi connectivity index (χ3v) is 6.04. The molecule has 0 radical (unpaired) electrons. The Balaban J connectivity index is 1.68. The van der Waals surface area contributed by atoms with Gasteiger partial charge in [-0.25, -0.2) is 4.68 Å². The molecular weight excluding hydrogens is 391 g/mol. The van der Waals surface area contributed by atoms with Crippen LogP contribution in [0.3, 0.4) is 0 Å². The zero-order valence-corrected chi connectivity index (χ0v) is 16.6. The molecule has 0 bridgehead atoms. The number of fused-ring (bicyclic) bond motifs is 1. The van der Waals surface area contributed by atoms with Gasteiger partial charge < -0.3 is 5.32 Å². The van der Waals surface area contributed by atoms with Gasteiger partial charge in [0, 0.05) is 15.7 Å². The van der Waals surface area contributed by atoms with E-state index in [9.17, 15) is 0 Å². The molecule has 1 atom stereocenters. The standard InChI is InChI=1S/C22H18Cl2N4/c23-18-10-3-1-6-14(18)12-15-7-5-9-17-20(15)27-22-25-13-26-28(22)21(17)16-8-2-4-11-19(16)24/h1-4,6,8,10-13,21H,5,7,9H2,(H,25,26,27)/b15-12+. The number of rotatable bonds is 2. The lowest BCUT2D eigenvalue weighted by atomic mass is 9.83. The van der Waals surface area contributed by atoms with Crippen molar-refractivity contribution < 1.29 is 0 Å². The number of halogens is 2. The van der Waals surface area contributed by atoms with Crippen LogP contribution < -0.4 is 5.32 Å². The molecule has 2 aliphatic rings. The van der Waals surface area contributed by atoms with Crippen molar-refractivity contribution in [2.45, 2.75) is 25.3 Å². The highest BCUT2D eigenvalue weighted by Gasteiger charge is 2.34. The first kappa shape index (κ1) is 17.5. The van der Waals surface area contributed by atoms with Gasteiger partial charge in [0.05, 0.1) is 0 Å². The highest BCUT2D eigenvalue weighted by Crippen LogP contribution is 2.45. The maximum atomic E-state index is 6.57. The third kappa shape index (κ3) is 2.93. The molecule has 1 unspecified atom stereocenters. The van der Waals surface area contributed by atoms with Crippen molar-refractivity contribution in [1.29, 1.82) is 0 Å². The first-order chi connectivity index (χ1) is 13.7. The summed E-state index contributed by atoms with van der Waals surface area (Å²) in [5.74, 6) is 0.732. The van der Waals surface area contributed by atoms with Gasteiger partial charge in [0.15, 0.2) is 0 Å². The van der Waals surface area contributed by atoms with Gasteiger partial charge in [-0.1, -0.05) is 59.6 Å². The lowest BCUT2D eigenvalue weighted by Crippen LogP contribution is -2.28. The van der Waals surface area contributed by atoms with E-state index in [1.165, 1.54) is 11.1 Å². The van der Waals surface area contributed by atoms with Gasteiger partial charge in [-0.3, -0.25) is 0 Å². The van der Waals surface area contributed by atoms with E-state index >= 15 is 0 Å². The van der Waals surface area contributed by atoms with Crippen LogP contribution in [0.5, 0.6) is 0 Å². The smallest absolute Gasteiger partial charge is 0.226 e. The number of allylic oxidation sites excluding steroid dienone is 2. The molecule has 0 spiro atoms. The first-order valence-electron chi connectivity index (χ1n) is 9.32. The van der Waals surface area contributed by atoms with Crippen molar-refractivity contribution in [2.24, 2.45) is 0 Å². The van der Waals surface area contributed by atoms with Crippen LogP contribution in [-0.4, -0.2) is 14.8 Å². The number of benzene rings is 2. The number of hydrogen-bond acceptors (Lipinski definition) is 3. The molecule has 0 amide bonds. The summed E-state index contributed by atoms with van der Waals surface area (Å²) in [6.45, 7) is 0. The molecule has 6 heteroatoms. The fraction of sp³-hybridized carbons (Fsp3) is 0.182. The van der Waals surface area contributed by atoms with E-state index in [-0.39, 0.29) is 6.04 Å². The van der Waals surface area contributed by atoms with Crippen LogP contribution in [0.1, 0.15) is 36.4 Å². The minimum atomic E-state index is -0.0580. The van der Waals surface area contributed by atoms with E-state index in [0.717, 1.165) is 52.1 Å². The van der Waals surface area contributed by atoms with Crippen LogP contribution in [0.2, 0.25) is 10.0 Å². The van der Waals surface area contributed by atoms with Gasteiger partial charge in [-0.2, -0.15) is 10.1 Å². The molecular formula is C22H18Cl2N4. The predicted molar refractivity (Wildman–Crippen MR) is 114 cm³/mol. The van der Waals surface area contributed by atoms with Crippen molar-refractivity contribution >= 4 is 35.2 Å². The van der Waals surface area contributed by atoms with Crippen LogP contribution in [0, 0.1) is 0 Å². The highest BCUT2D eigenvalue weighted by molar-refractivity contribution is 6.32. The quantitative estimate of drug-likeness (QED) is 0.554. The summed E-state index contributed by atoms with van der Waals surface area (Å²) in [5, 5.41) is 9.48. The third-order valence-electron chi connectivity index (χ3n) is 5.35. The molecule has 1 N–H and O–H groups in total. The number of hydrogen-bond donors (Lipinski definition) is 1. The van der Waals surface area contributed by atoms with Crippen LogP contribution in [0.25, 0.3) is 6.08 Å². The molecule has 0 saturated heterocycles. The molecule has 5 rings (SSSR count). The fourth-order valence-electron chi connectivity index (χ4n) is 4.09. The summed E-state index contributed by atoms with van der Waals surface area (Å²) in [7, 11) is 0. The SMILES string of the molecule is Clc1ccccc1/C=C1\CCCC2=C1Nc1ncnn1C2c1ccccc1Cl. The topological polar surface area (TPSA) is 42.7 Å². The molecule has 0 fully saturated rings. The molecule has 4 nitrogen and oxygen atoms in total. The van der Waals surface area contributed by atoms with Gasteiger partial charge in [0.2, 0.25) is 5.95 Å². The fourth-order valence-corrected chi connectivity index (χ4v) is 4.52. The summed E-state index contributed by atoms with van der Waals surface area (Å²) in [4.78, 5) is 4.42. The van der Waals surface area contributed by atoms with E-state index in [1.54, 1.807) is 6.33 Å². The van der Waals surface area contributed by atoms with Crippen LogP contribution in [0.4, 0.5) is 5.95 Å². The lowest BCUT2D eigenvalue weighted by Gasteiger charge is -2.34. The Morgan fingerprint density at radius 2 is 1.79 bits per heavy atom. The zero-order valence-electron chi connectivity index (χ0n) is 15.1. The van der Waals surface area contributed by atoms with E-state index in [2.05, 4.69) is 27.5 Å². The summed E-state index contributed by atoms with van der Waals surface area (Å²) < 4.78 is 1.93. The second-order valence-electron chi connectivity index (χ2n) is 7.02. The lowest BCUT2D eigenvalue weighted by molar-refractivity contribution is 0.538. The van der Waals surface area contributed by atoms with Gasteiger partial charge in [-0.15, -0.1) is 0 Å². The van der Waals surface area contributed by atoms with Crippen molar-refractivity contribution in [3.63, 3.8) is 0 Å².